The van der Waals surface area contributed by atoms with Crippen LogP contribution in [0.1, 0.15) is 52.5 Å². The van der Waals surface area contributed by atoms with Gasteiger partial charge in [0.1, 0.15) is 10.0 Å². The van der Waals surface area contributed by atoms with E-state index in [0.717, 1.165) is 52.5 Å². The van der Waals surface area contributed by atoms with E-state index in [9.17, 15) is 9.59 Å². The van der Waals surface area contributed by atoms with Crippen molar-refractivity contribution in [2.24, 2.45) is 0 Å². The van der Waals surface area contributed by atoms with Gasteiger partial charge in [0, 0.05) is 42.4 Å². The Balaban J connectivity index is 1.40. The van der Waals surface area contributed by atoms with Crippen molar-refractivity contribution in [3.8, 4) is 0 Å². The Morgan fingerprint density at radius 2 is 1.93 bits per heavy atom. The molecule has 0 radical (unpaired) electrons. The van der Waals surface area contributed by atoms with Gasteiger partial charge in [-0.15, -0.1) is 21.5 Å². The minimum atomic E-state index is -0.0969. The van der Waals surface area contributed by atoms with E-state index in [1.807, 2.05) is 18.7 Å². The maximum Gasteiger partial charge on any atom is 0.257 e. The van der Waals surface area contributed by atoms with Gasteiger partial charge in [-0.1, -0.05) is 11.8 Å². The van der Waals surface area contributed by atoms with Crippen LogP contribution in [0.15, 0.2) is 9.95 Å². The van der Waals surface area contributed by atoms with Gasteiger partial charge in [-0.25, -0.2) is 4.98 Å². The van der Waals surface area contributed by atoms with Crippen molar-refractivity contribution in [2.45, 2.75) is 57.1 Å². The minimum absolute atomic E-state index is 0.00866. The number of hydrogen-bond donors (Lipinski definition) is 0. The predicted octanol–water partition coefficient (Wildman–Crippen LogP) is 2.46. The summed E-state index contributed by atoms with van der Waals surface area (Å²) in [6, 6.07) is -0.0969. The molecule has 1 saturated heterocycles. The molecule has 1 amide bonds. The largest absolute Gasteiger partial charge is 0.343 e. The van der Waals surface area contributed by atoms with Crippen LogP contribution in [0, 0.1) is 20.8 Å². The highest BCUT2D eigenvalue weighted by Gasteiger charge is 2.32. The van der Waals surface area contributed by atoms with Crippen molar-refractivity contribution in [2.75, 3.05) is 18.8 Å². The van der Waals surface area contributed by atoms with E-state index in [0.29, 0.717) is 17.9 Å². The van der Waals surface area contributed by atoms with E-state index >= 15 is 0 Å². The molecule has 4 rings (SSSR count). The summed E-state index contributed by atoms with van der Waals surface area (Å²) in [5, 5.41) is 11.2. The predicted molar refractivity (Wildman–Crippen MR) is 106 cm³/mol. The Morgan fingerprint density at radius 3 is 2.59 bits per heavy atom. The minimum Gasteiger partial charge on any atom is -0.343 e. The molecule has 0 unspecified atom stereocenters. The molecule has 0 aromatic carbocycles. The number of carbonyl (C=O) groups is 1. The van der Waals surface area contributed by atoms with Crippen LogP contribution in [0.3, 0.4) is 0 Å². The number of fused-ring (bicyclic) bond motifs is 1. The van der Waals surface area contributed by atoms with Gasteiger partial charge < -0.3 is 4.90 Å². The maximum atomic E-state index is 12.8. The Morgan fingerprint density at radius 1 is 1.19 bits per heavy atom. The second-order valence-corrected chi connectivity index (χ2v) is 9.46. The number of nitrogens with zero attached hydrogens (tertiary/aromatic N) is 5. The highest BCUT2D eigenvalue weighted by Crippen LogP contribution is 2.34. The molecule has 0 saturated carbocycles. The van der Waals surface area contributed by atoms with Gasteiger partial charge in [-0.05, 0) is 33.6 Å². The number of hydrogen-bond acceptors (Lipinski definition) is 7. The Labute approximate surface area is 166 Å². The molecule has 2 aliphatic rings. The molecule has 0 spiro atoms. The summed E-state index contributed by atoms with van der Waals surface area (Å²) in [4.78, 5) is 31.9. The zero-order chi connectivity index (χ0) is 19.1. The number of carbonyl (C=O) groups excluding carboxylic acids is 1. The lowest BCUT2D eigenvalue weighted by Crippen LogP contribution is -2.39. The number of rotatable bonds is 3. The van der Waals surface area contributed by atoms with E-state index < -0.39 is 0 Å². The molecule has 0 bridgehead atoms. The van der Waals surface area contributed by atoms with Gasteiger partial charge >= 0.3 is 0 Å². The normalized spacial score (nSPS) is 20.1. The molecule has 2 aromatic heterocycles. The first-order valence-electron chi connectivity index (χ1n) is 9.24. The summed E-state index contributed by atoms with van der Waals surface area (Å²) < 4.78 is 1.72. The monoisotopic (exact) mass is 405 g/mol. The number of likely N-dealkylation sites (tertiary alicyclic amines) is 1. The molecule has 0 N–H and O–H groups in total. The van der Waals surface area contributed by atoms with Crippen LogP contribution in [0.2, 0.25) is 0 Å². The Bertz CT molecular complexity index is 930. The smallest absolute Gasteiger partial charge is 0.257 e. The molecule has 4 heterocycles. The quantitative estimate of drug-likeness (QED) is 0.730. The maximum absolute atomic E-state index is 12.8. The fourth-order valence-corrected chi connectivity index (χ4v) is 5.76. The van der Waals surface area contributed by atoms with Crippen LogP contribution >= 0.6 is 23.1 Å². The van der Waals surface area contributed by atoms with Gasteiger partial charge in [0.2, 0.25) is 5.91 Å². The standard InChI is InChI=1S/C18H23N5O2S2/c1-10-11(2)19-18-23(17(10)25)14(9-26-18)8-15(24)22-6-4-13(5-7-22)16-21-20-12(3)27-16/h13-14H,4-9H2,1-3H3/t14-/m1/s1. The summed E-state index contributed by atoms with van der Waals surface area (Å²) in [6.07, 6.45) is 2.22. The molecule has 1 fully saturated rings. The average molecular weight is 406 g/mol. The topological polar surface area (TPSA) is 81.0 Å². The first-order valence-corrected chi connectivity index (χ1v) is 11.0. The van der Waals surface area contributed by atoms with Crippen LogP contribution in [-0.2, 0) is 4.79 Å². The summed E-state index contributed by atoms with van der Waals surface area (Å²) in [5.41, 5.74) is 1.44. The van der Waals surface area contributed by atoms with E-state index in [1.165, 1.54) is 0 Å². The van der Waals surface area contributed by atoms with E-state index in [-0.39, 0.29) is 17.5 Å². The molecule has 0 aliphatic carbocycles. The van der Waals surface area contributed by atoms with Gasteiger partial charge in [0.25, 0.3) is 5.56 Å². The second-order valence-electron chi connectivity index (χ2n) is 7.26. The Kier molecular flexibility index (Phi) is 5.07. The van der Waals surface area contributed by atoms with Crippen molar-refractivity contribution >= 4 is 29.0 Å². The van der Waals surface area contributed by atoms with Crippen LogP contribution in [-0.4, -0.2) is 49.4 Å². The zero-order valence-corrected chi connectivity index (χ0v) is 17.4. The number of aryl methyl sites for hydroxylation is 2. The van der Waals surface area contributed by atoms with Crippen LogP contribution < -0.4 is 5.56 Å². The van der Waals surface area contributed by atoms with E-state index in [2.05, 4.69) is 15.2 Å². The van der Waals surface area contributed by atoms with Gasteiger partial charge in [-0.2, -0.15) is 0 Å². The molecular formula is C18H23N5O2S2. The third-order valence-corrected chi connectivity index (χ3v) is 7.57. The number of aromatic nitrogens is 4. The highest BCUT2D eigenvalue weighted by atomic mass is 32.2. The zero-order valence-electron chi connectivity index (χ0n) is 15.8. The van der Waals surface area contributed by atoms with Crippen molar-refractivity contribution in [1.82, 2.24) is 24.6 Å². The molecule has 144 valence electrons. The lowest BCUT2D eigenvalue weighted by Gasteiger charge is -2.31. The number of piperidine rings is 1. The number of thioether (sulfide) groups is 1. The molecule has 27 heavy (non-hydrogen) atoms. The van der Waals surface area contributed by atoms with Gasteiger partial charge in [0.05, 0.1) is 6.04 Å². The average Bonchev–Trinajstić information content (AvgIpc) is 3.26. The van der Waals surface area contributed by atoms with E-state index in [1.54, 1.807) is 34.6 Å². The van der Waals surface area contributed by atoms with Gasteiger partial charge in [-0.3, -0.25) is 14.2 Å². The first kappa shape index (κ1) is 18.6. The Hall–Kier alpha value is -1.74. The molecule has 7 nitrogen and oxygen atoms in total. The highest BCUT2D eigenvalue weighted by molar-refractivity contribution is 7.99. The van der Waals surface area contributed by atoms with Crippen molar-refractivity contribution in [3.63, 3.8) is 0 Å². The molecule has 2 aromatic rings. The fourth-order valence-electron chi connectivity index (χ4n) is 3.71. The van der Waals surface area contributed by atoms with Gasteiger partial charge in [0.15, 0.2) is 5.16 Å². The fraction of sp³-hybridized carbons (Fsp3) is 0.611. The lowest BCUT2D eigenvalue weighted by molar-refractivity contribution is -0.133. The third kappa shape index (κ3) is 3.54. The molecule has 9 heteroatoms. The molecular weight excluding hydrogens is 382 g/mol. The summed E-state index contributed by atoms with van der Waals surface area (Å²) in [7, 11) is 0. The van der Waals surface area contributed by atoms with Crippen LogP contribution in [0.25, 0.3) is 0 Å². The summed E-state index contributed by atoms with van der Waals surface area (Å²) in [5.74, 6) is 1.27. The summed E-state index contributed by atoms with van der Waals surface area (Å²) in [6.45, 7) is 7.13. The molecule has 2 aliphatic heterocycles. The second kappa shape index (κ2) is 7.35. The lowest BCUT2D eigenvalue weighted by atomic mass is 9.97. The van der Waals surface area contributed by atoms with Crippen molar-refractivity contribution < 1.29 is 4.79 Å². The van der Waals surface area contributed by atoms with E-state index in [4.69, 9.17) is 0 Å². The molecule has 1 atom stereocenters. The summed E-state index contributed by atoms with van der Waals surface area (Å²) >= 11 is 3.22. The third-order valence-electron chi connectivity index (χ3n) is 5.47. The number of amides is 1. The van der Waals surface area contributed by atoms with Crippen LogP contribution in [0.4, 0.5) is 0 Å². The SMILES string of the molecule is Cc1nnc(C2CCN(C(=O)C[C@@H]3CSc4nc(C)c(C)c(=O)n43)CC2)s1. The van der Waals surface area contributed by atoms with Crippen molar-refractivity contribution in [1.29, 1.82) is 0 Å². The van der Waals surface area contributed by atoms with Crippen molar-refractivity contribution in [3.05, 3.63) is 31.6 Å². The first-order chi connectivity index (χ1) is 12.9. The van der Waals surface area contributed by atoms with Crippen LogP contribution in [0.5, 0.6) is 0 Å².